The summed E-state index contributed by atoms with van der Waals surface area (Å²) in [5.74, 6) is 0. The summed E-state index contributed by atoms with van der Waals surface area (Å²) in [6, 6.07) is 39.4. The van der Waals surface area contributed by atoms with E-state index in [0.717, 1.165) is 17.1 Å². The molecule has 40 heavy (non-hydrogen) atoms. The molecule has 194 valence electrons. The van der Waals surface area contributed by atoms with E-state index < -0.39 is 0 Å². The van der Waals surface area contributed by atoms with Gasteiger partial charge in [-0.05, 0) is 103 Å². The first kappa shape index (κ1) is 24.2. The summed E-state index contributed by atoms with van der Waals surface area (Å²) in [4.78, 5) is 3.70. The summed E-state index contributed by atoms with van der Waals surface area (Å²) in [6.45, 7) is 8.60. The van der Waals surface area contributed by atoms with Crippen molar-refractivity contribution in [3.8, 4) is 39.1 Å². The van der Waals surface area contributed by atoms with Gasteiger partial charge in [0.1, 0.15) is 0 Å². The van der Waals surface area contributed by atoms with Crippen molar-refractivity contribution in [2.24, 2.45) is 0 Å². The lowest BCUT2D eigenvalue weighted by atomic mass is 9.89. The molecular weight excluding hydrogens is 486 g/mol. The zero-order valence-corrected chi connectivity index (χ0v) is 23.3. The molecule has 0 aliphatic rings. The van der Waals surface area contributed by atoms with Gasteiger partial charge in [0.15, 0.2) is 0 Å². The predicted molar refractivity (Wildman–Crippen MR) is 168 cm³/mol. The van der Waals surface area contributed by atoms with E-state index in [-0.39, 0.29) is 0 Å². The largest absolute Gasteiger partial charge is 0.354 e. The first-order valence-electron chi connectivity index (χ1n) is 13.8. The number of aromatic nitrogens is 3. The Hall–Kier alpha value is -4.89. The maximum absolute atomic E-state index is 4.82. The first-order chi connectivity index (χ1) is 19.5. The molecule has 0 fully saturated rings. The average molecular weight is 518 g/mol. The van der Waals surface area contributed by atoms with Crippen molar-refractivity contribution in [3.63, 3.8) is 0 Å². The highest BCUT2D eigenvalue weighted by Gasteiger charge is 2.16. The van der Waals surface area contributed by atoms with Gasteiger partial charge in [0.2, 0.25) is 0 Å². The smallest absolute Gasteiger partial charge is 0.0661 e. The summed E-state index contributed by atoms with van der Waals surface area (Å²) in [7, 11) is 0. The highest BCUT2D eigenvalue weighted by molar-refractivity contribution is 6.12. The maximum atomic E-state index is 4.82. The molecule has 0 unspecified atom stereocenters. The van der Waals surface area contributed by atoms with Crippen LogP contribution in [0.15, 0.2) is 109 Å². The molecule has 5 aromatic carbocycles. The van der Waals surface area contributed by atoms with Crippen LogP contribution in [0.2, 0.25) is 0 Å². The molecule has 7 rings (SSSR count). The second-order valence-electron chi connectivity index (χ2n) is 10.9. The van der Waals surface area contributed by atoms with Crippen LogP contribution >= 0.6 is 0 Å². The van der Waals surface area contributed by atoms with E-state index in [9.17, 15) is 0 Å². The van der Waals surface area contributed by atoms with Gasteiger partial charge < -0.3 is 4.98 Å². The highest BCUT2D eigenvalue weighted by atomic mass is 15.3. The molecule has 2 aromatic heterocycles. The van der Waals surface area contributed by atoms with Crippen molar-refractivity contribution in [3.05, 3.63) is 132 Å². The second-order valence-corrected chi connectivity index (χ2v) is 10.9. The molecule has 1 N–H and O–H groups in total. The van der Waals surface area contributed by atoms with Crippen LogP contribution in [0.4, 0.5) is 0 Å². The number of hydrogen-bond donors (Lipinski definition) is 1. The lowest BCUT2D eigenvalue weighted by molar-refractivity contribution is 0.834. The molecule has 7 aromatic rings. The maximum Gasteiger partial charge on any atom is 0.0661 e. The number of nitrogens with zero attached hydrogens (tertiary/aromatic N) is 2. The Kier molecular flexibility index (Phi) is 5.67. The van der Waals surface area contributed by atoms with Gasteiger partial charge in [0.05, 0.1) is 16.9 Å². The Balaban J connectivity index is 1.46. The topological polar surface area (TPSA) is 33.6 Å². The SMILES string of the molecule is Cc1cc(C)n(-c2cc(-c3ccccc3)cc(-c3cc(-c4cccc5c4[nH]c4ccccc45)c(C)cc3C)c2)n1. The number of aryl methyl sites for hydroxylation is 4. The molecule has 0 atom stereocenters. The Morgan fingerprint density at radius 2 is 1.27 bits per heavy atom. The molecule has 2 heterocycles. The van der Waals surface area contributed by atoms with Crippen LogP contribution in [0.25, 0.3) is 60.9 Å². The molecule has 0 saturated heterocycles. The average Bonchev–Trinajstić information content (AvgIpc) is 3.52. The van der Waals surface area contributed by atoms with Crippen molar-refractivity contribution >= 4 is 21.8 Å². The fourth-order valence-corrected chi connectivity index (χ4v) is 6.13. The zero-order valence-electron chi connectivity index (χ0n) is 23.3. The number of H-pyrrole nitrogens is 1. The van der Waals surface area contributed by atoms with Gasteiger partial charge in [-0.3, -0.25) is 0 Å². The second kappa shape index (κ2) is 9.39. The molecule has 0 radical (unpaired) electrons. The fraction of sp³-hybridized carbons (Fsp3) is 0.108. The van der Waals surface area contributed by atoms with Crippen molar-refractivity contribution in [2.75, 3.05) is 0 Å². The highest BCUT2D eigenvalue weighted by Crippen LogP contribution is 2.39. The van der Waals surface area contributed by atoms with Gasteiger partial charge in [-0.15, -0.1) is 0 Å². The summed E-state index contributed by atoms with van der Waals surface area (Å²) < 4.78 is 2.06. The van der Waals surface area contributed by atoms with E-state index in [1.807, 2.05) is 6.92 Å². The summed E-state index contributed by atoms with van der Waals surface area (Å²) in [6.07, 6.45) is 0. The molecule has 0 aliphatic carbocycles. The summed E-state index contributed by atoms with van der Waals surface area (Å²) in [5, 5.41) is 7.33. The molecule has 3 nitrogen and oxygen atoms in total. The van der Waals surface area contributed by atoms with Gasteiger partial charge in [-0.1, -0.05) is 72.8 Å². The third-order valence-electron chi connectivity index (χ3n) is 7.99. The zero-order chi connectivity index (χ0) is 27.4. The van der Waals surface area contributed by atoms with E-state index in [0.29, 0.717) is 0 Å². The standard InChI is InChI=1S/C37H31N3/c1-23-17-24(2)35(33-15-10-14-32-31-13-8-9-16-36(31)38-37(32)33)22-34(23)29-19-28(27-11-6-5-7-12-27)20-30(21-29)40-26(4)18-25(3)39-40/h5-22,38H,1-4H3. The minimum Gasteiger partial charge on any atom is -0.354 e. The molecule has 0 aliphatic heterocycles. The van der Waals surface area contributed by atoms with E-state index in [1.54, 1.807) is 0 Å². The summed E-state index contributed by atoms with van der Waals surface area (Å²) in [5.41, 5.74) is 15.4. The Bertz CT molecular complexity index is 2040. The summed E-state index contributed by atoms with van der Waals surface area (Å²) >= 11 is 0. The van der Waals surface area contributed by atoms with E-state index in [2.05, 4.69) is 140 Å². The first-order valence-corrected chi connectivity index (χ1v) is 13.8. The quantitative estimate of drug-likeness (QED) is 0.248. The number of hydrogen-bond acceptors (Lipinski definition) is 1. The number of aromatic amines is 1. The van der Waals surface area contributed by atoms with E-state index in [4.69, 9.17) is 5.10 Å². The molecule has 0 spiro atoms. The van der Waals surface area contributed by atoms with Crippen LogP contribution in [-0.4, -0.2) is 14.8 Å². The lowest BCUT2D eigenvalue weighted by Crippen LogP contribution is -2.00. The van der Waals surface area contributed by atoms with Crippen LogP contribution in [-0.2, 0) is 0 Å². The molecule has 0 amide bonds. The van der Waals surface area contributed by atoms with Crippen LogP contribution in [0.1, 0.15) is 22.5 Å². The van der Waals surface area contributed by atoms with Crippen molar-refractivity contribution in [2.45, 2.75) is 27.7 Å². The van der Waals surface area contributed by atoms with Crippen molar-refractivity contribution in [1.29, 1.82) is 0 Å². The fourth-order valence-electron chi connectivity index (χ4n) is 6.13. The van der Waals surface area contributed by atoms with Gasteiger partial charge in [-0.25, -0.2) is 4.68 Å². The number of rotatable bonds is 4. The van der Waals surface area contributed by atoms with Crippen LogP contribution < -0.4 is 0 Å². The van der Waals surface area contributed by atoms with Gasteiger partial charge in [0.25, 0.3) is 0 Å². The van der Waals surface area contributed by atoms with Crippen molar-refractivity contribution in [1.82, 2.24) is 14.8 Å². The predicted octanol–water partition coefficient (Wildman–Crippen LogP) is 9.74. The molecular formula is C37H31N3. The molecule has 0 saturated carbocycles. The molecule has 0 bridgehead atoms. The normalized spacial score (nSPS) is 11.5. The van der Waals surface area contributed by atoms with Gasteiger partial charge >= 0.3 is 0 Å². The van der Waals surface area contributed by atoms with E-state index >= 15 is 0 Å². The third kappa shape index (κ3) is 4.02. The third-order valence-corrected chi connectivity index (χ3v) is 7.99. The number of nitrogens with one attached hydrogen (secondary N) is 1. The number of para-hydroxylation sites is 2. The monoisotopic (exact) mass is 517 g/mol. The van der Waals surface area contributed by atoms with Crippen molar-refractivity contribution < 1.29 is 0 Å². The number of fused-ring (bicyclic) bond motifs is 3. The van der Waals surface area contributed by atoms with Crippen LogP contribution in [0.5, 0.6) is 0 Å². The van der Waals surface area contributed by atoms with Gasteiger partial charge in [-0.2, -0.15) is 5.10 Å². The minimum absolute atomic E-state index is 1.02. The molecule has 3 heteroatoms. The Labute approximate surface area is 234 Å². The minimum atomic E-state index is 1.02. The number of benzene rings is 5. The lowest BCUT2D eigenvalue weighted by Gasteiger charge is -2.17. The van der Waals surface area contributed by atoms with Crippen LogP contribution in [0, 0.1) is 27.7 Å². The van der Waals surface area contributed by atoms with E-state index in [1.165, 1.54) is 66.3 Å². The Morgan fingerprint density at radius 1 is 0.550 bits per heavy atom. The van der Waals surface area contributed by atoms with Crippen LogP contribution in [0.3, 0.4) is 0 Å². The Morgan fingerprint density at radius 3 is 2.08 bits per heavy atom. The van der Waals surface area contributed by atoms with Gasteiger partial charge in [0, 0.05) is 27.5 Å².